The van der Waals surface area contributed by atoms with Crippen LogP contribution in [0.5, 0.6) is 0 Å². The normalized spacial score (nSPS) is 13.5. The molecule has 4 nitrogen and oxygen atoms in total. The topological polar surface area (TPSA) is 60.4 Å². The summed E-state index contributed by atoms with van der Waals surface area (Å²) in [6.45, 7) is 3.53. The van der Waals surface area contributed by atoms with E-state index in [9.17, 15) is 13.2 Å². The van der Waals surface area contributed by atoms with E-state index < -0.39 is 21.1 Å². The van der Waals surface area contributed by atoms with E-state index in [-0.39, 0.29) is 12.2 Å². The minimum atomic E-state index is -3.16. The van der Waals surface area contributed by atoms with Crippen LogP contribution in [0.1, 0.15) is 20.3 Å². The van der Waals surface area contributed by atoms with E-state index in [0.717, 1.165) is 5.75 Å². The maximum atomic E-state index is 11.6. The molecule has 1 atom stereocenters. The Balaban J connectivity index is 4.14. The van der Waals surface area contributed by atoms with Crippen LogP contribution in [-0.4, -0.2) is 44.0 Å². The standard InChI is InChI=1S/C9H18O4S2/c1-4-14-5-6-15(11,12)8(2)7-9(10)13-3/h8H,4-7H2,1-3H3. The average Bonchev–Trinajstić information content (AvgIpc) is 2.17. The maximum Gasteiger partial charge on any atom is 0.306 e. The van der Waals surface area contributed by atoms with Crippen molar-refractivity contribution in [2.24, 2.45) is 0 Å². The summed E-state index contributed by atoms with van der Waals surface area (Å²) in [4.78, 5) is 10.9. The number of hydrogen-bond acceptors (Lipinski definition) is 5. The summed E-state index contributed by atoms with van der Waals surface area (Å²) in [6.07, 6.45) is -0.0599. The summed E-state index contributed by atoms with van der Waals surface area (Å²) in [5.41, 5.74) is 0. The molecular formula is C9H18O4S2. The molecule has 0 aromatic rings. The molecule has 0 fully saturated rings. The lowest BCUT2D eigenvalue weighted by Gasteiger charge is -2.10. The lowest BCUT2D eigenvalue weighted by Crippen LogP contribution is -2.25. The van der Waals surface area contributed by atoms with Gasteiger partial charge in [0.25, 0.3) is 0 Å². The quantitative estimate of drug-likeness (QED) is 0.503. The van der Waals surface area contributed by atoms with E-state index in [1.165, 1.54) is 7.11 Å². The fourth-order valence-electron chi connectivity index (χ4n) is 0.966. The van der Waals surface area contributed by atoms with E-state index in [0.29, 0.717) is 5.75 Å². The average molecular weight is 254 g/mol. The number of sulfone groups is 1. The molecule has 1 unspecified atom stereocenters. The lowest BCUT2D eigenvalue weighted by molar-refractivity contribution is -0.140. The molecule has 0 saturated heterocycles. The van der Waals surface area contributed by atoms with Crippen molar-refractivity contribution in [3.63, 3.8) is 0 Å². The van der Waals surface area contributed by atoms with Crippen molar-refractivity contribution in [3.8, 4) is 0 Å². The number of esters is 1. The van der Waals surface area contributed by atoms with E-state index in [2.05, 4.69) is 4.74 Å². The zero-order valence-electron chi connectivity index (χ0n) is 9.36. The summed E-state index contributed by atoms with van der Waals surface area (Å²) in [6, 6.07) is 0. The maximum absolute atomic E-state index is 11.6. The van der Waals surface area contributed by atoms with Crippen molar-refractivity contribution in [2.75, 3.05) is 24.4 Å². The van der Waals surface area contributed by atoms with Gasteiger partial charge >= 0.3 is 5.97 Å². The second kappa shape index (κ2) is 7.11. The molecule has 0 rings (SSSR count). The SMILES string of the molecule is CCSCCS(=O)(=O)C(C)CC(=O)OC. The predicted molar refractivity (Wildman–Crippen MR) is 62.9 cm³/mol. The first-order valence-electron chi connectivity index (χ1n) is 4.80. The van der Waals surface area contributed by atoms with Crippen LogP contribution >= 0.6 is 11.8 Å². The number of thioether (sulfide) groups is 1. The van der Waals surface area contributed by atoms with Gasteiger partial charge in [0.2, 0.25) is 0 Å². The first kappa shape index (κ1) is 14.8. The Kier molecular flexibility index (Phi) is 7.00. The number of hydrogen-bond donors (Lipinski definition) is 0. The highest BCUT2D eigenvalue weighted by molar-refractivity contribution is 8.00. The van der Waals surface area contributed by atoms with Crippen LogP contribution in [0.25, 0.3) is 0 Å². The van der Waals surface area contributed by atoms with E-state index >= 15 is 0 Å². The van der Waals surface area contributed by atoms with Crippen LogP contribution in [0.4, 0.5) is 0 Å². The largest absolute Gasteiger partial charge is 0.469 e. The Bertz CT molecular complexity index is 284. The number of methoxy groups -OCH3 is 1. The van der Waals surface area contributed by atoms with Gasteiger partial charge in [-0.1, -0.05) is 6.92 Å². The van der Waals surface area contributed by atoms with Gasteiger partial charge in [-0.25, -0.2) is 8.42 Å². The summed E-state index contributed by atoms with van der Waals surface area (Å²) in [5, 5.41) is -0.651. The Labute approximate surface area is 95.7 Å². The zero-order valence-corrected chi connectivity index (χ0v) is 11.0. The molecule has 0 amide bonds. The van der Waals surface area contributed by atoms with Crippen molar-refractivity contribution < 1.29 is 17.9 Å². The monoisotopic (exact) mass is 254 g/mol. The summed E-state index contributed by atoms with van der Waals surface area (Å²) in [5.74, 6) is 1.14. The third kappa shape index (κ3) is 6.04. The van der Waals surface area contributed by atoms with Crippen LogP contribution in [0, 0.1) is 0 Å². The first-order valence-corrected chi connectivity index (χ1v) is 7.67. The van der Waals surface area contributed by atoms with Gasteiger partial charge < -0.3 is 4.74 Å². The van der Waals surface area contributed by atoms with Crippen LogP contribution in [0.15, 0.2) is 0 Å². The fourth-order valence-corrected chi connectivity index (χ4v) is 3.45. The van der Waals surface area contributed by atoms with Gasteiger partial charge in [-0.05, 0) is 12.7 Å². The van der Waals surface area contributed by atoms with Crippen molar-refractivity contribution in [2.45, 2.75) is 25.5 Å². The van der Waals surface area contributed by atoms with Gasteiger partial charge in [0.1, 0.15) is 0 Å². The van der Waals surface area contributed by atoms with E-state index in [4.69, 9.17) is 0 Å². The van der Waals surface area contributed by atoms with Crippen molar-refractivity contribution >= 4 is 27.6 Å². The molecule has 0 radical (unpaired) electrons. The number of ether oxygens (including phenoxy) is 1. The van der Waals surface area contributed by atoms with Gasteiger partial charge in [0, 0.05) is 5.75 Å². The molecule has 0 aliphatic rings. The fraction of sp³-hybridized carbons (Fsp3) is 0.889. The van der Waals surface area contributed by atoms with Crippen molar-refractivity contribution in [1.29, 1.82) is 0 Å². The summed E-state index contributed by atoms with van der Waals surface area (Å²) in [7, 11) is -1.90. The molecule has 0 aliphatic carbocycles. The molecular weight excluding hydrogens is 236 g/mol. The van der Waals surface area contributed by atoms with Crippen molar-refractivity contribution in [1.82, 2.24) is 0 Å². The predicted octanol–water partition coefficient (Wildman–Crippen LogP) is 1.11. The summed E-state index contributed by atoms with van der Waals surface area (Å²) < 4.78 is 27.7. The van der Waals surface area contributed by atoms with Crippen LogP contribution < -0.4 is 0 Å². The first-order chi connectivity index (χ1) is 6.94. The highest BCUT2D eigenvalue weighted by Crippen LogP contribution is 2.10. The molecule has 0 aromatic heterocycles. The molecule has 0 heterocycles. The number of carbonyl (C=O) groups excluding carboxylic acids is 1. The van der Waals surface area contributed by atoms with Gasteiger partial charge in [0.05, 0.1) is 24.5 Å². The second-order valence-electron chi connectivity index (χ2n) is 3.15. The van der Waals surface area contributed by atoms with Gasteiger partial charge in [-0.3, -0.25) is 4.79 Å². The Morgan fingerprint density at radius 3 is 2.53 bits per heavy atom. The molecule has 0 N–H and O–H groups in total. The highest BCUT2D eigenvalue weighted by Gasteiger charge is 2.23. The smallest absolute Gasteiger partial charge is 0.306 e. The molecule has 0 aromatic carbocycles. The minimum Gasteiger partial charge on any atom is -0.469 e. The van der Waals surface area contributed by atoms with Crippen LogP contribution in [0.3, 0.4) is 0 Å². The molecule has 0 bridgehead atoms. The third-order valence-corrected chi connectivity index (χ3v) is 5.34. The van der Waals surface area contributed by atoms with Gasteiger partial charge in [0.15, 0.2) is 9.84 Å². The Morgan fingerprint density at radius 1 is 1.47 bits per heavy atom. The Morgan fingerprint density at radius 2 is 2.07 bits per heavy atom. The number of rotatable bonds is 7. The molecule has 6 heteroatoms. The van der Waals surface area contributed by atoms with Crippen LogP contribution in [-0.2, 0) is 19.4 Å². The third-order valence-electron chi connectivity index (χ3n) is 2.01. The molecule has 0 spiro atoms. The van der Waals surface area contributed by atoms with Crippen LogP contribution in [0.2, 0.25) is 0 Å². The highest BCUT2D eigenvalue weighted by atomic mass is 32.2. The van der Waals surface area contributed by atoms with Gasteiger partial charge in [-0.15, -0.1) is 0 Å². The van der Waals surface area contributed by atoms with Crippen molar-refractivity contribution in [3.05, 3.63) is 0 Å². The van der Waals surface area contributed by atoms with E-state index in [1.54, 1.807) is 18.7 Å². The van der Waals surface area contributed by atoms with Gasteiger partial charge in [-0.2, -0.15) is 11.8 Å². The Hall–Kier alpha value is -0.230. The molecule has 90 valence electrons. The molecule has 0 aliphatic heterocycles. The van der Waals surface area contributed by atoms with E-state index in [1.807, 2.05) is 6.92 Å². The second-order valence-corrected chi connectivity index (χ2v) is 7.09. The minimum absolute atomic E-state index is 0.0599. The number of carbonyl (C=O) groups is 1. The zero-order chi connectivity index (χ0) is 11.9. The summed E-state index contributed by atoms with van der Waals surface area (Å²) >= 11 is 1.58. The molecule has 15 heavy (non-hydrogen) atoms. The lowest BCUT2D eigenvalue weighted by atomic mass is 10.3. The molecule has 0 saturated carbocycles.